The summed E-state index contributed by atoms with van der Waals surface area (Å²) in [5.41, 5.74) is 13.0. The summed E-state index contributed by atoms with van der Waals surface area (Å²) in [6, 6.07) is 101. The van der Waals surface area contributed by atoms with Crippen LogP contribution >= 0.6 is 22.7 Å². The molecular formula is C66H46N4S2. The molecule has 0 aliphatic rings. The molecular weight excluding hydrogens is 913 g/mol. The minimum absolute atomic E-state index is 1.04. The zero-order valence-electron chi connectivity index (χ0n) is 39.2. The number of para-hydroxylation sites is 6. The molecule has 13 rings (SSSR count). The predicted molar refractivity (Wildman–Crippen MR) is 311 cm³/mol. The minimum atomic E-state index is 1.04. The second kappa shape index (κ2) is 18.8. The average Bonchev–Trinajstić information content (AvgIpc) is 4.00. The quantitative estimate of drug-likeness (QED) is 0.121. The van der Waals surface area contributed by atoms with Gasteiger partial charge in [-0.1, -0.05) is 140 Å². The standard InChI is InChI=1S/C66H46N4S2/c1-7-22-47(23-8-1)67(48-24-9-2-10-25-48)53-34-21-35-54(42-53)69(51-30-15-5-16-31-51)61-45-60-57-36-19-20-37-63(57)71-66(60)46-62(61)70(52-32-17-6-18-33-52)56-38-40-58-59-43-55(39-41-64(59)72-65(58)44-56)68(49-26-11-3-12-27-49)50-28-13-4-14-29-50/h1-46H. The van der Waals surface area contributed by atoms with Crippen LogP contribution in [0.25, 0.3) is 40.3 Å². The second-order valence-electron chi connectivity index (χ2n) is 17.8. The van der Waals surface area contributed by atoms with E-state index >= 15 is 0 Å². The number of benzene rings is 11. The number of nitrogens with zero attached hydrogens (tertiary/aromatic N) is 4. The van der Waals surface area contributed by atoms with Crippen molar-refractivity contribution in [1.29, 1.82) is 0 Å². The fourth-order valence-corrected chi connectivity index (χ4v) is 12.4. The third-order valence-electron chi connectivity index (χ3n) is 13.3. The van der Waals surface area contributed by atoms with Gasteiger partial charge < -0.3 is 19.6 Å². The smallest absolute Gasteiger partial charge is 0.0716 e. The number of thiophene rings is 2. The first-order valence-corrected chi connectivity index (χ1v) is 25.9. The average molecular weight is 959 g/mol. The number of fused-ring (bicyclic) bond motifs is 6. The van der Waals surface area contributed by atoms with Crippen molar-refractivity contribution >= 4 is 131 Å². The van der Waals surface area contributed by atoms with Gasteiger partial charge in [0.05, 0.1) is 11.4 Å². The zero-order valence-corrected chi connectivity index (χ0v) is 40.8. The van der Waals surface area contributed by atoms with Gasteiger partial charge in [-0.3, -0.25) is 0 Å². The van der Waals surface area contributed by atoms with Gasteiger partial charge in [-0.2, -0.15) is 0 Å². The number of hydrogen-bond acceptors (Lipinski definition) is 6. The SMILES string of the molecule is c1ccc(N(c2ccccc2)c2cccc(N(c3ccccc3)c3cc4c(cc3N(c3ccccc3)c3ccc5c(c3)sc3ccc(N(c6ccccc6)c6ccccc6)cc35)sc3ccccc34)c2)cc1. The molecule has 0 radical (unpaired) electrons. The van der Waals surface area contributed by atoms with Crippen molar-refractivity contribution < 1.29 is 0 Å². The number of hydrogen-bond donors (Lipinski definition) is 0. The maximum absolute atomic E-state index is 2.46. The predicted octanol–water partition coefficient (Wildman–Crippen LogP) is 20.3. The maximum atomic E-state index is 2.46. The van der Waals surface area contributed by atoms with Crippen molar-refractivity contribution in [2.45, 2.75) is 0 Å². The van der Waals surface area contributed by atoms with Gasteiger partial charge in [-0.25, -0.2) is 0 Å². The van der Waals surface area contributed by atoms with Gasteiger partial charge in [0, 0.05) is 97.2 Å². The molecule has 0 atom stereocenters. The van der Waals surface area contributed by atoms with E-state index in [1.165, 1.54) is 40.3 Å². The van der Waals surface area contributed by atoms with Gasteiger partial charge in [0.25, 0.3) is 0 Å². The summed E-state index contributed by atoms with van der Waals surface area (Å²) in [6.45, 7) is 0. The molecule has 72 heavy (non-hydrogen) atoms. The molecule has 0 fully saturated rings. The van der Waals surface area contributed by atoms with Gasteiger partial charge >= 0.3 is 0 Å². The Hall–Kier alpha value is -8.94. The van der Waals surface area contributed by atoms with Gasteiger partial charge in [0.1, 0.15) is 0 Å². The summed E-state index contributed by atoms with van der Waals surface area (Å²) in [4.78, 5) is 9.58. The Morgan fingerprint density at radius 1 is 0.181 bits per heavy atom. The first kappa shape index (κ1) is 43.1. The van der Waals surface area contributed by atoms with Crippen molar-refractivity contribution in [3.8, 4) is 0 Å². The normalized spacial score (nSPS) is 11.3. The Balaban J connectivity index is 1.02. The van der Waals surface area contributed by atoms with Gasteiger partial charge in [-0.05, 0) is 140 Å². The molecule has 0 aliphatic carbocycles. The molecule has 0 bridgehead atoms. The van der Waals surface area contributed by atoms with E-state index < -0.39 is 0 Å². The maximum Gasteiger partial charge on any atom is 0.0716 e. The van der Waals surface area contributed by atoms with Crippen molar-refractivity contribution in [3.05, 3.63) is 279 Å². The molecule has 342 valence electrons. The van der Waals surface area contributed by atoms with Crippen LogP contribution in [0.2, 0.25) is 0 Å². The lowest BCUT2D eigenvalue weighted by Crippen LogP contribution is -2.17. The minimum Gasteiger partial charge on any atom is -0.310 e. The van der Waals surface area contributed by atoms with E-state index in [2.05, 4.69) is 299 Å². The lowest BCUT2D eigenvalue weighted by atomic mass is 10.1. The monoisotopic (exact) mass is 958 g/mol. The molecule has 0 N–H and O–H groups in total. The highest BCUT2D eigenvalue weighted by Crippen LogP contribution is 2.51. The summed E-state index contributed by atoms with van der Waals surface area (Å²) < 4.78 is 4.97. The third kappa shape index (κ3) is 7.99. The van der Waals surface area contributed by atoms with Crippen molar-refractivity contribution in [3.63, 3.8) is 0 Å². The Kier molecular flexibility index (Phi) is 11.2. The van der Waals surface area contributed by atoms with E-state index in [-0.39, 0.29) is 0 Å². The number of rotatable bonds is 12. The Morgan fingerprint density at radius 2 is 0.514 bits per heavy atom. The molecule has 0 unspecified atom stereocenters. The zero-order chi connectivity index (χ0) is 47.8. The van der Waals surface area contributed by atoms with Gasteiger partial charge in [0.2, 0.25) is 0 Å². The van der Waals surface area contributed by atoms with Crippen LogP contribution in [0.15, 0.2) is 279 Å². The Bertz CT molecular complexity index is 3910. The number of anilines is 12. The van der Waals surface area contributed by atoms with Crippen molar-refractivity contribution in [2.24, 2.45) is 0 Å². The topological polar surface area (TPSA) is 13.0 Å². The van der Waals surface area contributed by atoms with Crippen LogP contribution in [-0.2, 0) is 0 Å². The molecule has 11 aromatic carbocycles. The fourth-order valence-electron chi connectivity index (χ4n) is 10.1. The van der Waals surface area contributed by atoms with Crippen molar-refractivity contribution in [2.75, 3.05) is 19.6 Å². The highest BCUT2D eigenvalue weighted by Gasteiger charge is 2.26. The summed E-state index contributed by atoms with van der Waals surface area (Å²) >= 11 is 3.70. The second-order valence-corrected chi connectivity index (χ2v) is 19.9. The first-order valence-electron chi connectivity index (χ1n) is 24.2. The molecule has 0 amide bonds. The molecule has 2 aromatic heterocycles. The largest absolute Gasteiger partial charge is 0.310 e. The Labute approximate surface area is 427 Å². The molecule has 0 saturated carbocycles. The van der Waals surface area contributed by atoms with Crippen LogP contribution < -0.4 is 19.6 Å². The third-order valence-corrected chi connectivity index (χ3v) is 15.6. The first-order chi connectivity index (χ1) is 35.7. The molecule has 6 heteroatoms. The summed E-state index contributed by atoms with van der Waals surface area (Å²) in [5, 5.41) is 4.95. The van der Waals surface area contributed by atoms with Crippen LogP contribution in [0, 0.1) is 0 Å². The van der Waals surface area contributed by atoms with Crippen LogP contribution in [0.4, 0.5) is 68.2 Å². The highest BCUT2D eigenvalue weighted by atomic mass is 32.1. The van der Waals surface area contributed by atoms with Crippen LogP contribution in [0.3, 0.4) is 0 Å². The summed E-state index contributed by atoms with van der Waals surface area (Å²) in [6.07, 6.45) is 0. The van der Waals surface area contributed by atoms with Gasteiger partial charge in [-0.15, -0.1) is 22.7 Å². The summed E-state index contributed by atoms with van der Waals surface area (Å²) in [5.74, 6) is 0. The Morgan fingerprint density at radius 3 is 1.03 bits per heavy atom. The van der Waals surface area contributed by atoms with E-state index in [0.717, 1.165) is 68.2 Å². The van der Waals surface area contributed by atoms with E-state index in [9.17, 15) is 0 Å². The van der Waals surface area contributed by atoms with E-state index in [1.54, 1.807) is 0 Å². The highest BCUT2D eigenvalue weighted by molar-refractivity contribution is 7.26. The molecule has 0 saturated heterocycles. The van der Waals surface area contributed by atoms with Crippen LogP contribution in [-0.4, -0.2) is 0 Å². The molecule has 13 aromatic rings. The molecule has 0 aliphatic heterocycles. The van der Waals surface area contributed by atoms with Crippen molar-refractivity contribution in [1.82, 2.24) is 0 Å². The van der Waals surface area contributed by atoms with Crippen LogP contribution in [0.5, 0.6) is 0 Å². The molecule has 0 spiro atoms. The molecule has 2 heterocycles. The molecule has 4 nitrogen and oxygen atoms in total. The van der Waals surface area contributed by atoms with E-state index in [0.29, 0.717) is 0 Å². The summed E-state index contributed by atoms with van der Waals surface area (Å²) in [7, 11) is 0. The fraction of sp³-hybridized carbons (Fsp3) is 0. The van der Waals surface area contributed by atoms with E-state index in [4.69, 9.17) is 0 Å². The lowest BCUT2D eigenvalue weighted by molar-refractivity contribution is 1.22. The van der Waals surface area contributed by atoms with Crippen LogP contribution in [0.1, 0.15) is 0 Å². The van der Waals surface area contributed by atoms with Gasteiger partial charge in [0.15, 0.2) is 0 Å². The lowest BCUT2D eigenvalue weighted by Gasteiger charge is -2.34. The van der Waals surface area contributed by atoms with E-state index in [1.807, 2.05) is 22.7 Å².